The van der Waals surface area contributed by atoms with Gasteiger partial charge in [-0.05, 0) is 25.1 Å². The van der Waals surface area contributed by atoms with E-state index < -0.39 is 5.97 Å². The van der Waals surface area contributed by atoms with Crippen LogP contribution in [0.1, 0.15) is 29.2 Å². The van der Waals surface area contributed by atoms with Gasteiger partial charge < -0.3 is 14.3 Å². The van der Waals surface area contributed by atoms with E-state index in [9.17, 15) is 14.7 Å². The Balaban J connectivity index is 1.80. The highest BCUT2D eigenvalue weighted by atomic mass is 16.5. The standard InChI is InChI=1S/C14H19NO5/c1-19-14(18)13-5-4-10(20-13)3-2-7-15-8-6-12(17)11(15)9-16/h4-5,11,16H,2-3,6-9H2,1H3/t11-/m1/s1. The molecule has 0 saturated carbocycles. The second-order valence-corrected chi connectivity index (χ2v) is 4.81. The summed E-state index contributed by atoms with van der Waals surface area (Å²) in [5.74, 6) is 0.545. The van der Waals surface area contributed by atoms with Crippen LogP contribution in [0.15, 0.2) is 16.5 Å². The van der Waals surface area contributed by atoms with Crippen LogP contribution in [0.2, 0.25) is 0 Å². The van der Waals surface area contributed by atoms with Gasteiger partial charge in [0.15, 0.2) is 5.78 Å². The Labute approximate surface area is 117 Å². The maximum absolute atomic E-state index is 11.5. The van der Waals surface area contributed by atoms with Crippen molar-refractivity contribution in [3.05, 3.63) is 23.7 Å². The highest BCUT2D eigenvalue weighted by molar-refractivity contribution is 5.86. The van der Waals surface area contributed by atoms with Crippen LogP contribution >= 0.6 is 0 Å². The minimum absolute atomic E-state index is 0.110. The fourth-order valence-corrected chi connectivity index (χ4v) is 2.44. The van der Waals surface area contributed by atoms with Crippen LogP contribution in [0.25, 0.3) is 0 Å². The van der Waals surface area contributed by atoms with Crippen LogP contribution < -0.4 is 0 Å². The molecule has 2 heterocycles. The van der Waals surface area contributed by atoms with E-state index in [0.29, 0.717) is 19.4 Å². The summed E-state index contributed by atoms with van der Waals surface area (Å²) in [6.07, 6.45) is 2.00. The van der Waals surface area contributed by atoms with Crippen molar-refractivity contribution in [3.63, 3.8) is 0 Å². The number of carbonyl (C=O) groups is 2. The molecule has 0 bridgehead atoms. The third kappa shape index (κ3) is 3.26. The summed E-state index contributed by atoms with van der Waals surface area (Å²) in [5, 5.41) is 9.18. The second-order valence-electron chi connectivity index (χ2n) is 4.81. The lowest BCUT2D eigenvalue weighted by Gasteiger charge is -2.20. The van der Waals surface area contributed by atoms with Crippen molar-refractivity contribution in [1.82, 2.24) is 4.90 Å². The number of nitrogens with zero attached hydrogens (tertiary/aromatic N) is 1. The third-order valence-electron chi connectivity index (χ3n) is 3.55. The van der Waals surface area contributed by atoms with Crippen molar-refractivity contribution >= 4 is 11.8 Å². The molecule has 1 aromatic rings. The van der Waals surface area contributed by atoms with Gasteiger partial charge in [0.1, 0.15) is 5.76 Å². The molecule has 1 saturated heterocycles. The predicted molar refractivity (Wildman–Crippen MR) is 70.4 cm³/mol. The lowest BCUT2D eigenvalue weighted by atomic mass is 10.2. The number of ether oxygens (including phenoxy) is 1. The van der Waals surface area contributed by atoms with Crippen LogP contribution in [0, 0.1) is 0 Å². The van der Waals surface area contributed by atoms with E-state index in [2.05, 4.69) is 4.74 Å². The van der Waals surface area contributed by atoms with Crippen LogP contribution in [0.4, 0.5) is 0 Å². The molecule has 1 aromatic heterocycles. The number of methoxy groups -OCH3 is 1. The van der Waals surface area contributed by atoms with Crippen molar-refractivity contribution in [2.45, 2.75) is 25.3 Å². The number of hydrogen-bond donors (Lipinski definition) is 1. The molecule has 20 heavy (non-hydrogen) atoms. The fourth-order valence-electron chi connectivity index (χ4n) is 2.44. The van der Waals surface area contributed by atoms with Crippen molar-refractivity contribution < 1.29 is 23.8 Å². The Morgan fingerprint density at radius 1 is 1.55 bits per heavy atom. The van der Waals surface area contributed by atoms with E-state index in [0.717, 1.165) is 18.7 Å². The molecule has 1 fully saturated rings. The largest absolute Gasteiger partial charge is 0.463 e. The monoisotopic (exact) mass is 281 g/mol. The Hall–Kier alpha value is -1.66. The average molecular weight is 281 g/mol. The molecule has 0 amide bonds. The van der Waals surface area contributed by atoms with Gasteiger partial charge in [-0.1, -0.05) is 0 Å². The molecule has 0 aromatic carbocycles. The summed E-state index contributed by atoms with van der Waals surface area (Å²) in [5.41, 5.74) is 0. The lowest BCUT2D eigenvalue weighted by molar-refractivity contribution is -0.120. The first-order valence-corrected chi connectivity index (χ1v) is 6.70. The van der Waals surface area contributed by atoms with Gasteiger partial charge in [-0.3, -0.25) is 9.69 Å². The Morgan fingerprint density at radius 3 is 3.05 bits per heavy atom. The summed E-state index contributed by atoms with van der Waals surface area (Å²) in [6.45, 7) is 1.31. The molecular weight excluding hydrogens is 262 g/mol. The van der Waals surface area contributed by atoms with Gasteiger partial charge in [0, 0.05) is 19.4 Å². The van der Waals surface area contributed by atoms with E-state index in [1.165, 1.54) is 7.11 Å². The molecule has 0 unspecified atom stereocenters. The van der Waals surface area contributed by atoms with Crippen molar-refractivity contribution in [2.24, 2.45) is 0 Å². The SMILES string of the molecule is COC(=O)c1ccc(CCCN2CCC(=O)[C@H]2CO)o1. The molecule has 6 heteroatoms. The first-order valence-electron chi connectivity index (χ1n) is 6.70. The predicted octanol–water partition coefficient (Wildman–Crippen LogP) is 0.634. The second kappa shape index (κ2) is 6.67. The normalized spacial score (nSPS) is 19.5. The molecule has 110 valence electrons. The van der Waals surface area contributed by atoms with Crippen molar-refractivity contribution in [1.29, 1.82) is 0 Å². The highest BCUT2D eigenvalue weighted by Crippen LogP contribution is 2.16. The number of hydrogen-bond acceptors (Lipinski definition) is 6. The number of Topliss-reactive ketones (excluding diaryl/α,β-unsaturated/α-hetero) is 1. The van der Waals surface area contributed by atoms with Gasteiger partial charge >= 0.3 is 5.97 Å². The topological polar surface area (TPSA) is 80.0 Å². The van der Waals surface area contributed by atoms with E-state index in [1.54, 1.807) is 12.1 Å². The van der Waals surface area contributed by atoms with Gasteiger partial charge in [0.05, 0.1) is 19.8 Å². The number of ketones is 1. The maximum atomic E-state index is 11.5. The Bertz CT molecular complexity index is 482. The molecule has 1 aliphatic rings. The van der Waals surface area contributed by atoms with E-state index in [4.69, 9.17) is 4.42 Å². The molecule has 2 rings (SSSR count). The molecule has 1 N–H and O–H groups in total. The number of carbonyl (C=O) groups excluding carboxylic acids is 2. The lowest BCUT2D eigenvalue weighted by Crippen LogP contribution is -2.36. The average Bonchev–Trinajstić information content (AvgIpc) is 3.05. The van der Waals surface area contributed by atoms with E-state index >= 15 is 0 Å². The smallest absolute Gasteiger partial charge is 0.373 e. The number of esters is 1. The van der Waals surface area contributed by atoms with E-state index in [-0.39, 0.29) is 24.2 Å². The van der Waals surface area contributed by atoms with Gasteiger partial charge in [-0.15, -0.1) is 0 Å². The summed E-state index contributed by atoms with van der Waals surface area (Å²) in [7, 11) is 1.31. The number of likely N-dealkylation sites (tertiary alicyclic amines) is 1. The summed E-state index contributed by atoms with van der Waals surface area (Å²) < 4.78 is 9.94. The Morgan fingerprint density at radius 2 is 2.35 bits per heavy atom. The van der Waals surface area contributed by atoms with Crippen LogP contribution in [0.5, 0.6) is 0 Å². The number of aryl methyl sites for hydroxylation is 1. The van der Waals surface area contributed by atoms with Gasteiger partial charge in [0.25, 0.3) is 0 Å². The van der Waals surface area contributed by atoms with Crippen molar-refractivity contribution in [3.8, 4) is 0 Å². The number of aliphatic hydroxyl groups excluding tert-OH is 1. The number of furan rings is 1. The minimum atomic E-state index is -0.485. The van der Waals surface area contributed by atoms with Gasteiger partial charge in [-0.2, -0.15) is 0 Å². The van der Waals surface area contributed by atoms with Crippen LogP contribution in [0.3, 0.4) is 0 Å². The molecule has 1 aliphatic heterocycles. The van der Waals surface area contributed by atoms with Crippen molar-refractivity contribution in [2.75, 3.05) is 26.8 Å². The zero-order valence-corrected chi connectivity index (χ0v) is 11.5. The minimum Gasteiger partial charge on any atom is -0.463 e. The Kier molecular flexibility index (Phi) is 4.92. The maximum Gasteiger partial charge on any atom is 0.373 e. The molecule has 6 nitrogen and oxygen atoms in total. The fraction of sp³-hybridized carbons (Fsp3) is 0.571. The number of aliphatic hydroxyl groups is 1. The highest BCUT2D eigenvalue weighted by Gasteiger charge is 2.30. The molecule has 1 atom stereocenters. The zero-order chi connectivity index (χ0) is 14.5. The quantitative estimate of drug-likeness (QED) is 0.771. The molecular formula is C14H19NO5. The zero-order valence-electron chi connectivity index (χ0n) is 11.5. The first kappa shape index (κ1) is 14.7. The first-order chi connectivity index (χ1) is 9.65. The molecule has 0 spiro atoms. The summed E-state index contributed by atoms with van der Waals surface area (Å²) in [4.78, 5) is 24.7. The summed E-state index contributed by atoms with van der Waals surface area (Å²) >= 11 is 0. The molecule has 0 aliphatic carbocycles. The van der Waals surface area contributed by atoms with Gasteiger partial charge in [0.2, 0.25) is 5.76 Å². The third-order valence-corrected chi connectivity index (χ3v) is 3.55. The van der Waals surface area contributed by atoms with E-state index in [1.807, 2.05) is 4.90 Å². The van der Waals surface area contributed by atoms with Crippen LogP contribution in [-0.2, 0) is 16.0 Å². The molecule has 0 radical (unpaired) electrons. The number of rotatable bonds is 6. The van der Waals surface area contributed by atoms with Crippen LogP contribution in [-0.4, -0.2) is 54.6 Å². The van der Waals surface area contributed by atoms with Gasteiger partial charge in [-0.25, -0.2) is 4.79 Å². The summed E-state index contributed by atoms with van der Waals surface area (Å²) in [6, 6.07) is 3.00.